The number of hydrogen-bond donors (Lipinski definition) is 2. The zero-order chi connectivity index (χ0) is 15.1. The van der Waals surface area contributed by atoms with Crippen LogP contribution < -0.4 is 11.2 Å². The minimum atomic E-state index is 0.114. The Hall–Kier alpha value is -2.17. The second kappa shape index (κ2) is 7.57. The molecule has 0 aromatic heterocycles. The van der Waals surface area contributed by atoms with Crippen molar-refractivity contribution in [2.24, 2.45) is 10.8 Å². The number of thiocarbonyl (C=S) groups is 1. The summed E-state index contributed by atoms with van der Waals surface area (Å²) in [6, 6.07) is 17.4. The van der Waals surface area contributed by atoms with E-state index >= 15 is 0 Å². The molecule has 0 amide bonds. The molecule has 0 saturated heterocycles. The fourth-order valence-electron chi connectivity index (χ4n) is 1.70. The summed E-state index contributed by atoms with van der Waals surface area (Å²) in [5.41, 5.74) is 10.7. The first-order chi connectivity index (χ1) is 10.1. The van der Waals surface area contributed by atoms with E-state index in [0.29, 0.717) is 10.7 Å². The number of rotatable bonds is 4. The number of halogens is 1. The second-order valence-electron chi connectivity index (χ2n) is 4.23. The van der Waals surface area contributed by atoms with Crippen molar-refractivity contribution in [3.05, 3.63) is 76.8 Å². The van der Waals surface area contributed by atoms with Gasteiger partial charge in [-0.3, -0.25) is 5.43 Å². The van der Waals surface area contributed by atoms with Crippen LogP contribution in [0, 0.1) is 0 Å². The normalized spacial score (nSPS) is 11.6. The molecule has 0 bridgehead atoms. The van der Waals surface area contributed by atoms with Crippen LogP contribution in [0.4, 0.5) is 0 Å². The van der Waals surface area contributed by atoms with E-state index in [0.717, 1.165) is 11.1 Å². The van der Waals surface area contributed by atoms with Crippen LogP contribution in [0.5, 0.6) is 0 Å². The Balaban J connectivity index is 2.31. The predicted octanol–water partition coefficient (Wildman–Crippen LogP) is 3.59. The Labute approximate surface area is 134 Å². The fourth-order valence-corrected chi connectivity index (χ4v) is 1.94. The number of allylic oxidation sites excluding steroid dienone is 1. The van der Waals surface area contributed by atoms with Crippen molar-refractivity contribution in [1.29, 1.82) is 0 Å². The first kappa shape index (κ1) is 15.2. The maximum Gasteiger partial charge on any atom is 0.184 e. The van der Waals surface area contributed by atoms with Crippen LogP contribution in [0.15, 0.2) is 65.8 Å². The maximum absolute atomic E-state index is 6.02. The fraction of sp³-hybridized carbons (Fsp3) is 0. The summed E-state index contributed by atoms with van der Waals surface area (Å²) >= 11 is 10.8. The molecule has 0 aliphatic rings. The summed E-state index contributed by atoms with van der Waals surface area (Å²) in [7, 11) is 0. The first-order valence-electron chi connectivity index (χ1n) is 6.27. The third kappa shape index (κ3) is 5.02. The van der Waals surface area contributed by atoms with Crippen molar-refractivity contribution < 1.29 is 0 Å². The minimum Gasteiger partial charge on any atom is -0.375 e. The first-order valence-corrected chi connectivity index (χ1v) is 7.06. The van der Waals surface area contributed by atoms with Gasteiger partial charge in [-0.2, -0.15) is 5.10 Å². The Morgan fingerprint density at radius 2 is 1.90 bits per heavy atom. The summed E-state index contributed by atoms with van der Waals surface area (Å²) in [6.07, 6.45) is 3.84. The van der Waals surface area contributed by atoms with E-state index in [1.807, 2.05) is 66.7 Å². The van der Waals surface area contributed by atoms with Crippen molar-refractivity contribution >= 4 is 40.7 Å². The van der Waals surface area contributed by atoms with Gasteiger partial charge in [0, 0.05) is 10.6 Å². The molecule has 21 heavy (non-hydrogen) atoms. The third-order valence-corrected chi connectivity index (χ3v) is 2.97. The SMILES string of the molecule is NC(=S)N/N=C(\C=C\c1ccccc1)c1cccc(Cl)c1. The van der Waals surface area contributed by atoms with Crippen molar-refractivity contribution in [2.75, 3.05) is 0 Å². The smallest absolute Gasteiger partial charge is 0.184 e. The lowest BCUT2D eigenvalue weighted by Crippen LogP contribution is -2.25. The largest absolute Gasteiger partial charge is 0.375 e. The predicted molar refractivity (Wildman–Crippen MR) is 93.4 cm³/mol. The standard InChI is InChI=1S/C16H14ClN3S/c17-14-8-4-7-13(11-14)15(19-20-16(18)21)10-9-12-5-2-1-3-6-12/h1-11H,(H3,18,20,21)/b10-9+,19-15+. The lowest BCUT2D eigenvalue weighted by atomic mass is 10.1. The van der Waals surface area contributed by atoms with Gasteiger partial charge in [0.05, 0.1) is 5.71 Å². The summed E-state index contributed by atoms with van der Waals surface area (Å²) in [5, 5.41) is 4.96. The number of benzene rings is 2. The van der Waals surface area contributed by atoms with Gasteiger partial charge >= 0.3 is 0 Å². The van der Waals surface area contributed by atoms with Gasteiger partial charge < -0.3 is 5.73 Å². The van der Waals surface area contributed by atoms with Gasteiger partial charge in [-0.1, -0.05) is 60.1 Å². The molecule has 0 aliphatic carbocycles. The molecular formula is C16H14ClN3S. The quantitative estimate of drug-likeness (QED) is 0.515. The zero-order valence-electron chi connectivity index (χ0n) is 11.2. The number of hydrogen-bond acceptors (Lipinski definition) is 2. The van der Waals surface area contributed by atoms with Crippen LogP contribution in [0.25, 0.3) is 6.08 Å². The molecular weight excluding hydrogens is 302 g/mol. The van der Waals surface area contributed by atoms with Gasteiger partial charge in [0.25, 0.3) is 0 Å². The van der Waals surface area contributed by atoms with Crippen LogP contribution in [0.2, 0.25) is 5.02 Å². The molecule has 0 spiro atoms. The number of nitrogens with zero attached hydrogens (tertiary/aromatic N) is 1. The Morgan fingerprint density at radius 1 is 1.14 bits per heavy atom. The van der Waals surface area contributed by atoms with E-state index in [-0.39, 0.29) is 5.11 Å². The highest BCUT2D eigenvalue weighted by molar-refractivity contribution is 7.80. The summed E-state index contributed by atoms with van der Waals surface area (Å²) < 4.78 is 0. The van der Waals surface area contributed by atoms with Gasteiger partial charge in [0.2, 0.25) is 0 Å². The van der Waals surface area contributed by atoms with Crippen LogP contribution in [-0.2, 0) is 0 Å². The van der Waals surface area contributed by atoms with Gasteiger partial charge in [0.1, 0.15) is 0 Å². The highest BCUT2D eigenvalue weighted by Gasteiger charge is 2.01. The lowest BCUT2D eigenvalue weighted by Gasteiger charge is -2.04. The summed E-state index contributed by atoms with van der Waals surface area (Å²) in [5.74, 6) is 0. The molecule has 106 valence electrons. The minimum absolute atomic E-state index is 0.114. The topological polar surface area (TPSA) is 50.4 Å². The molecule has 0 saturated carbocycles. The number of nitrogens with one attached hydrogen (secondary N) is 1. The Kier molecular flexibility index (Phi) is 5.49. The molecule has 0 radical (unpaired) electrons. The van der Waals surface area contributed by atoms with Crippen molar-refractivity contribution in [3.63, 3.8) is 0 Å². The molecule has 3 nitrogen and oxygen atoms in total. The lowest BCUT2D eigenvalue weighted by molar-refractivity contribution is 1.03. The molecule has 0 unspecified atom stereocenters. The average Bonchev–Trinajstić information content (AvgIpc) is 2.48. The van der Waals surface area contributed by atoms with Crippen LogP contribution in [0.1, 0.15) is 11.1 Å². The number of nitrogens with two attached hydrogens (primary N) is 1. The van der Waals surface area contributed by atoms with Crippen LogP contribution in [0.3, 0.4) is 0 Å². The highest BCUT2D eigenvalue weighted by atomic mass is 35.5. The molecule has 0 heterocycles. The molecule has 2 aromatic rings. The molecule has 0 aliphatic heterocycles. The maximum atomic E-state index is 6.02. The van der Waals surface area contributed by atoms with Crippen LogP contribution >= 0.6 is 23.8 Å². The van der Waals surface area contributed by atoms with Gasteiger partial charge in [-0.25, -0.2) is 0 Å². The molecule has 2 aromatic carbocycles. The summed E-state index contributed by atoms with van der Waals surface area (Å²) in [6.45, 7) is 0. The van der Waals surface area contributed by atoms with Gasteiger partial charge in [-0.15, -0.1) is 0 Å². The van der Waals surface area contributed by atoms with E-state index in [1.54, 1.807) is 0 Å². The number of hydrazone groups is 1. The van der Waals surface area contributed by atoms with Crippen molar-refractivity contribution in [3.8, 4) is 0 Å². The van der Waals surface area contributed by atoms with Crippen LogP contribution in [-0.4, -0.2) is 10.8 Å². The Bertz CT molecular complexity index is 681. The molecule has 0 atom stereocenters. The highest BCUT2D eigenvalue weighted by Crippen LogP contribution is 2.13. The zero-order valence-corrected chi connectivity index (χ0v) is 12.7. The van der Waals surface area contributed by atoms with Crippen molar-refractivity contribution in [2.45, 2.75) is 0 Å². The van der Waals surface area contributed by atoms with E-state index < -0.39 is 0 Å². The Morgan fingerprint density at radius 3 is 2.57 bits per heavy atom. The molecule has 3 N–H and O–H groups in total. The van der Waals surface area contributed by atoms with E-state index in [1.165, 1.54) is 0 Å². The molecule has 2 rings (SSSR count). The molecule has 5 heteroatoms. The van der Waals surface area contributed by atoms with Gasteiger partial charge in [0.15, 0.2) is 5.11 Å². The monoisotopic (exact) mass is 315 g/mol. The van der Waals surface area contributed by atoms with E-state index in [2.05, 4.69) is 10.5 Å². The van der Waals surface area contributed by atoms with E-state index in [9.17, 15) is 0 Å². The van der Waals surface area contributed by atoms with Gasteiger partial charge in [-0.05, 0) is 36.0 Å². The van der Waals surface area contributed by atoms with Crippen molar-refractivity contribution in [1.82, 2.24) is 5.43 Å². The second-order valence-corrected chi connectivity index (χ2v) is 5.10. The summed E-state index contributed by atoms with van der Waals surface area (Å²) in [4.78, 5) is 0. The third-order valence-electron chi connectivity index (χ3n) is 2.64. The molecule has 0 fully saturated rings. The average molecular weight is 316 g/mol. The van der Waals surface area contributed by atoms with E-state index in [4.69, 9.17) is 29.6 Å².